The van der Waals surface area contributed by atoms with Crippen molar-refractivity contribution in [2.24, 2.45) is 0 Å². The third kappa shape index (κ3) is 4.84. The van der Waals surface area contributed by atoms with Crippen molar-refractivity contribution in [2.75, 3.05) is 66.2 Å². The number of nitrogen functional groups attached to an aromatic ring is 1. The number of nitrogens with one attached hydrogen (secondary N) is 1. The molecule has 0 unspecified atom stereocenters. The highest BCUT2D eigenvalue weighted by Gasteiger charge is 2.34. The van der Waals surface area contributed by atoms with Crippen LogP contribution in [0.25, 0.3) is 0 Å². The smallest absolute Gasteiger partial charge is 0.328 e. The van der Waals surface area contributed by atoms with Gasteiger partial charge < -0.3 is 20.3 Å². The molecule has 0 atom stereocenters. The van der Waals surface area contributed by atoms with E-state index in [1.165, 1.54) is 11.4 Å². The summed E-state index contributed by atoms with van der Waals surface area (Å²) in [6.07, 6.45) is 0.339. The summed E-state index contributed by atoms with van der Waals surface area (Å²) in [6, 6.07) is 14.6. The molecule has 3 aliphatic rings. The molecule has 3 heterocycles. The number of rotatable bonds is 4. The van der Waals surface area contributed by atoms with Gasteiger partial charge in [-0.05, 0) is 55.0 Å². The predicted octanol–water partition coefficient (Wildman–Crippen LogP) is 1.85. The van der Waals surface area contributed by atoms with E-state index in [2.05, 4.69) is 44.3 Å². The number of hydrogen-bond donors (Lipinski definition) is 2. The second-order valence-electron chi connectivity index (χ2n) is 8.90. The van der Waals surface area contributed by atoms with E-state index in [4.69, 9.17) is 10.5 Å². The molecule has 5 rings (SSSR count). The molecule has 2 aromatic rings. The molecule has 9 nitrogen and oxygen atoms in total. The second-order valence-corrected chi connectivity index (χ2v) is 8.90. The Labute approximate surface area is 200 Å². The van der Waals surface area contributed by atoms with Gasteiger partial charge >= 0.3 is 6.03 Å². The Hall–Kier alpha value is -3.59. The Morgan fingerprint density at radius 1 is 0.882 bits per heavy atom. The van der Waals surface area contributed by atoms with Crippen LogP contribution in [0.5, 0.6) is 0 Å². The Kier molecular flexibility index (Phi) is 7.02. The van der Waals surface area contributed by atoms with E-state index < -0.39 is 0 Å². The zero-order valence-electron chi connectivity index (χ0n) is 19.6. The van der Waals surface area contributed by atoms with E-state index in [-0.39, 0.29) is 11.9 Å². The van der Waals surface area contributed by atoms with Gasteiger partial charge in [0.2, 0.25) is 5.91 Å². The first-order chi connectivity index (χ1) is 16.5. The Bertz CT molecular complexity index is 1030. The molecule has 0 saturated carbocycles. The molecule has 3 aliphatic heterocycles. The molecule has 0 aliphatic carbocycles. The topological polar surface area (TPSA) is 102 Å². The van der Waals surface area contributed by atoms with Gasteiger partial charge in [-0.15, -0.1) is 0 Å². The SMILES string of the molecule is C=O.Cc1cc(N2CCN(C3CN(c4ccc(N)cc4)C3)CC2)ccc1N1CCC(=O)NC1=O. The van der Waals surface area contributed by atoms with Gasteiger partial charge in [-0.25, -0.2) is 4.79 Å². The maximum atomic E-state index is 12.2. The summed E-state index contributed by atoms with van der Waals surface area (Å²) >= 11 is 0. The van der Waals surface area contributed by atoms with Crippen molar-refractivity contribution in [3.63, 3.8) is 0 Å². The molecule has 0 aromatic heterocycles. The van der Waals surface area contributed by atoms with Gasteiger partial charge in [0.25, 0.3) is 0 Å². The van der Waals surface area contributed by atoms with Crippen LogP contribution in [0.3, 0.4) is 0 Å². The van der Waals surface area contributed by atoms with Crippen molar-refractivity contribution < 1.29 is 14.4 Å². The van der Waals surface area contributed by atoms with E-state index in [0.717, 1.165) is 56.2 Å². The molecule has 0 radical (unpaired) electrons. The van der Waals surface area contributed by atoms with Crippen molar-refractivity contribution in [2.45, 2.75) is 19.4 Å². The van der Waals surface area contributed by atoms with E-state index >= 15 is 0 Å². The molecule has 3 N–H and O–H groups in total. The number of nitrogens with zero attached hydrogens (tertiary/aromatic N) is 4. The van der Waals surface area contributed by atoms with Crippen LogP contribution >= 0.6 is 0 Å². The molecular weight excluding hydrogens is 432 g/mol. The quantitative estimate of drug-likeness (QED) is 0.666. The van der Waals surface area contributed by atoms with E-state index in [1.54, 1.807) is 4.90 Å². The average Bonchev–Trinajstić information content (AvgIpc) is 2.82. The molecule has 3 amide bonds. The van der Waals surface area contributed by atoms with Gasteiger partial charge in [-0.3, -0.25) is 19.9 Å². The number of amides is 3. The Balaban J connectivity index is 0.00000133. The average molecular weight is 465 g/mol. The molecule has 2 aromatic carbocycles. The molecule has 180 valence electrons. The fourth-order valence-corrected chi connectivity index (χ4v) is 4.86. The van der Waals surface area contributed by atoms with Gasteiger partial charge in [-0.2, -0.15) is 0 Å². The number of urea groups is 1. The number of benzene rings is 2. The lowest BCUT2D eigenvalue weighted by Crippen LogP contribution is -2.63. The van der Waals surface area contributed by atoms with Gasteiger partial charge in [0, 0.05) is 81.0 Å². The van der Waals surface area contributed by atoms with Crippen molar-refractivity contribution in [3.8, 4) is 0 Å². The lowest BCUT2D eigenvalue weighted by atomic mass is 10.0. The fraction of sp³-hybridized carbons (Fsp3) is 0.400. The fourth-order valence-electron chi connectivity index (χ4n) is 4.86. The summed E-state index contributed by atoms with van der Waals surface area (Å²) in [5.41, 5.74) is 11.0. The van der Waals surface area contributed by atoms with Crippen LogP contribution in [-0.4, -0.2) is 75.5 Å². The van der Waals surface area contributed by atoms with Gasteiger partial charge in [0.05, 0.1) is 0 Å². The van der Waals surface area contributed by atoms with Crippen LogP contribution in [0.15, 0.2) is 42.5 Å². The largest absolute Gasteiger partial charge is 0.399 e. The number of nitrogens with two attached hydrogens (primary N) is 1. The molecule has 34 heavy (non-hydrogen) atoms. The maximum absolute atomic E-state index is 12.2. The van der Waals surface area contributed by atoms with Gasteiger partial charge in [0.1, 0.15) is 6.79 Å². The van der Waals surface area contributed by atoms with Crippen molar-refractivity contribution in [3.05, 3.63) is 48.0 Å². The lowest BCUT2D eigenvalue weighted by Gasteiger charge is -2.49. The third-order valence-corrected chi connectivity index (χ3v) is 6.84. The zero-order chi connectivity index (χ0) is 24.2. The molecule has 3 fully saturated rings. The molecule has 0 bridgehead atoms. The number of carbonyl (C=O) groups excluding carboxylic acids is 3. The van der Waals surface area contributed by atoms with E-state index in [0.29, 0.717) is 19.0 Å². The van der Waals surface area contributed by atoms with E-state index in [9.17, 15) is 9.59 Å². The Morgan fingerprint density at radius 2 is 1.53 bits per heavy atom. The van der Waals surface area contributed by atoms with Crippen LogP contribution in [0.1, 0.15) is 12.0 Å². The molecule has 3 saturated heterocycles. The number of hydrogen-bond acceptors (Lipinski definition) is 7. The third-order valence-electron chi connectivity index (χ3n) is 6.84. The molecule has 9 heteroatoms. The highest BCUT2D eigenvalue weighted by molar-refractivity contribution is 6.06. The number of carbonyl (C=O) groups is 3. The number of imide groups is 1. The minimum absolute atomic E-state index is 0.207. The van der Waals surface area contributed by atoms with Crippen LogP contribution < -0.4 is 25.8 Å². The second kappa shape index (κ2) is 10.1. The summed E-state index contributed by atoms with van der Waals surface area (Å²) < 4.78 is 0. The predicted molar refractivity (Wildman–Crippen MR) is 134 cm³/mol. The van der Waals surface area contributed by atoms with Crippen LogP contribution in [0.2, 0.25) is 0 Å². The Morgan fingerprint density at radius 3 is 2.15 bits per heavy atom. The van der Waals surface area contributed by atoms with Crippen molar-refractivity contribution in [1.29, 1.82) is 0 Å². The maximum Gasteiger partial charge on any atom is 0.328 e. The summed E-state index contributed by atoms with van der Waals surface area (Å²) in [5.74, 6) is -0.207. The lowest BCUT2D eigenvalue weighted by molar-refractivity contribution is -0.120. The van der Waals surface area contributed by atoms with Crippen LogP contribution in [0, 0.1) is 6.92 Å². The summed E-state index contributed by atoms with van der Waals surface area (Å²) in [7, 11) is 0. The first-order valence-electron chi connectivity index (χ1n) is 11.6. The zero-order valence-corrected chi connectivity index (χ0v) is 19.6. The first-order valence-corrected chi connectivity index (χ1v) is 11.6. The summed E-state index contributed by atoms with van der Waals surface area (Å²) in [5, 5.41) is 2.40. The normalized spacial score (nSPS) is 19.3. The number of anilines is 4. The van der Waals surface area contributed by atoms with Crippen molar-refractivity contribution >= 4 is 41.5 Å². The number of piperazine rings is 1. The highest BCUT2D eigenvalue weighted by Crippen LogP contribution is 2.29. The summed E-state index contributed by atoms with van der Waals surface area (Å²) in [4.78, 5) is 40.7. The van der Waals surface area contributed by atoms with E-state index in [1.807, 2.05) is 31.9 Å². The van der Waals surface area contributed by atoms with Gasteiger partial charge in [0.15, 0.2) is 0 Å². The van der Waals surface area contributed by atoms with Crippen LogP contribution in [-0.2, 0) is 9.59 Å². The van der Waals surface area contributed by atoms with Crippen molar-refractivity contribution in [1.82, 2.24) is 10.2 Å². The monoisotopic (exact) mass is 464 g/mol. The molecule has 0 spiro atoms. The van der Waals surface area contributed by atoms with Crippen LogP contribution in [0.4, 0.5) is 27.5 Å². The minimum atomic E-state index is -0.334. The standard InChI is InChI=1S/C24H30N6O2.CH2O/c1-17-14-20(6-7-22(17)30-9-8-23(31)26-24(30)32)27-10-12-28(13-11-27)21-15-29(16-21)19-4-2-18(25)3-5-19;1-2/h2-7,14,21H,8-13,15-16,25H2,1H3,(H,26,31,32);1H2. The first kappa shape index (κ1) is 23.6. The molecular formula is C25H32N6O3. The highest BCUT2D eigenvalue weighted by atomic mass is 16.2. The van der Waals surface area contributed by atoms with Gasteiger partial charge in [-0.1, -0.05) is 0 Å². The number of aryl methyl sites for hydroxylation is 1. The summed E-state index contributed by atoms with van der Waals surface area (Å²) in [6.45, 7) is 10.7. The minimum Gasteiger partial charge on any atom is -0.399 e.